The average Bonchev–Trinajstić information content (AvgIpc) is 3.79. The summed E-state index contributed by atoms with van der Waals surface area (Å²) in [7, 11) is 0. The molecule has 3 aromatic rings. The van der Waals surface area contributed by atoms with E-state index in [1.807, 2.05) is 70.5 Å². The van der Waals surface area contributed by atoms with Crippen molar-refractivity contribution in [3.05, 3.63) is 64.9 Å². The zero-order valence-corrected chi connectivity index (χ0v) is 34.1. The minimum Gasteiger partial charge on any atom is -0.391 e. The average molecular weight is 788 g/mol. The zero-order valence-electron chi connectivity index (χ0n) is 33.2. The number of nitrogens with two attached hydrogens (primary N) is 1. The van der Waals surface area contributed by atoms with Gasteiger partial charge in [-0.3, -0.25) is 24.1 Å². The van der Waals surface area contributed by atoms with Crippen molar-refractivity contribution < 1.29 is 24.3 Å². The number of aryl methyl sites for hydroxylation is 1. The van der Waals surface area contributed by atoms with E-state index in [2.05, 4.69) is 35.3 Å². The second kappa shape index (κ2) is 17.8. The van der Waals surface area contributed by atoms with Crippen LogP contribution in [-0.2, 0) is 14.4 Å². The van der Waals surface area contributed by atoms with Crippen molar-refractivity contribution >= 4 is 40.8 Å². The molecule has 5 heterocycles. The van der Waals surface area contributed by atoms with E-state index in [9.17, 15) is 24.3 Å². The number of piperazine rings is 1. The molecule has 0 bridgehead atoms. The van der Waals surface area contributed by atoms with E-state index in [1.54, 1.807) is 17.4 Å². The van der Waals surface area contributed by atoms with Crippen molar-refractivity contribution in [1.82, 2.24) is 35.3 Å². The van der Waals surface area contributed by atoms with E-state index in [-0.39, 0.29) is 43.3 Å². The van der Waals surface area contributed by atoms with Crippen LogP contribution in [0.2, 0.25) is 0 Å². The number of thiazole rings is 1. The predicted octanol–water partition coefficient (Wildman–Crippen LogP) is 2.82. The molecule has 3 aliphatic heterocycles. The minimum absolute atomic E-state index is 0.0264. The summed E-state index contributed by atoms with van der Waals surface area (Å²) >= 11 is 1.59. The van der Waals surface area contributed by atoms with Gasteiger partial charge >= 0.3 is 0 Å². The lowest BCUT2D eigenvalue weighted by atomic mass is 9.85. The monoisotopic (exact) mass is 787 g/mol. The number of aromatic nitrogens is 2. The Morgan fingerprint density at radius 3 is 2.21 bits per heavy atom. The van der Waals surface area contributed by atoms with Gasteiger partial charge < -0.3 is 36.2 Å². The normalized spacial score (nSPS) is 21.1. The van der Waals surface area contributed by atoms with Crippen LogP contribution < -0.4 is 21.3 Å². The van der Waals surface area contributed by atoms with Crippen LogP contribution in [0.25, 0.3) is 10.4 Å². The van der Waals surface area contributed by atoms with Crippen molar-refractivity contribution in [3.63, 3.8) is 0 Å². The van der Waals surface area contributed by atoms with E-state index in [0.29, 0.717) is 11.5 Å². The number of hydrogen-bond donors (Lipinski definition) is 4. The van der Waals surface area contributed by atoms with Crippen molar-refractivity contribution in [3.8, 4) is 10.4 Å². The van der Waals surface area contributed by atoms with Crippen LogP contribution in [0.3, 0.4) is 0 Å². The molecule has 3 aliphatic rings. The Hall–Kier alpha value is -4.44. The third-order valence-corrected chi connectivity index (χ3v) is 12.4. The molecule has 3 saturated heterocycles. The lowest BCUT2D eigenvalue weighted by Gasteiger charge is -2.39. The Kier molecular flexibility index (Phi) is 13.1. The Bertz CT molecular complexity index is 1830. The first-order chi connectivity index (χ1) is 26.7. The molecule has 4 amide bonds. The molecule has 302 valence electrons. The number of aliphatic hydroxyl groups excluding tert-OH is 1. The number of rotatable bonds is 12. The van der Waals surface area contributed by atoms with Gasteiger partial charge in [-0.15, -0.1) is 11.3 Å². The van der Waals surface area contributed by atoms with Gasteiger partial charge in [-0.2, -0.15) is 0 Å². The van der Waals surface area contributed by atoms with Gasteiger partial charge in [0.25, 0.3) is 0 Å². The Balaban J connectivity index is 0.968. The number of carbonyl (C=O) groups is 4. The van der Waals surface area contributed by atoms with Gasteiger partial charge in [-0.05, 0) is 61.3 Å². The first-order valence-corrected chi connectivity index (χ1v) is 20.6. The largest absolute Gasteiger partial charge is 0.391 e. The molecule has 6 rings (SSSR count). The summed E-state index contributed by atoms with van der Waals surface area (Å²) in [6, 6.07) is 9.53. The van der Waals surface area contributed by atoms with Crippen LogP contribution in [0, 0.1) is 18.3 Å². The smallest absolute Gasteiger partial charge is 0.250 e. The first kappa shape index (κ1) is 41.2. The van der Waals surface area contributed by atoms with E-state index in [0.717, 1.165) is 86.2 Å². The summed E-state index contributed by atoms with van der Waals surface area (Å²) in [5, 5.41) is 16.7. The fourth-order valence-corrected chi connectivity index (χ4v) is 8.80. The number of benzene rings is 1. The van der Waals surface area contributed by atoms with Crippen LogP contribution in [0.4, 0.5) is 5.82 Å². The van der Waals surface area contributed by atoms with Gasteiger partial charge in [0.05, 0.1) is 40.3 Å². The number of β-amino-alcohol motifs (C(OH)–C–C–N with tert-alkyl or cyclic N) is 1. The lowest BCUT2D eigenvalue weighted by molar-refractivity contribution is -0.144. The highest BCUT2D eigenvalue weighted by molar-refractivity contribution is 7.13. The molecular weight excluding hydrogens is 731 g/mol. The van der Waals surface area contributed by atoms with Crippen molar-refractivity contribution in [2.75, 3.05) is 63.8 Å². The third kappa shape index (κ3) is 10.1. The topological polar surface area (TPSA) is 177 Å². The molecular formula is C41H57N9O5S. The van der Waals surface area contributed by atoms with Crippen molar-refractivity contribution in [1.29, 1.82) is 0 Å². The standard InChI is InChI=1S/C41H57N9O5S/c1-26(29-6-8-30(9-7-29)36-27(2)44-25-56-36)45-39(54)33-20-32(51)23-50(33)40(55)37(41(3,4)5)46-35(52)24-48-18-16-47(17-19-48)22-28-12-14-49(15-13-28)34-11-10-31(21-43-34)38(42)53/h6-11,21,25-26,28,32-33,37,51H,12-20,22-24H2,1-5H3,(H2,42,53)(H,45,54)(H,46,52)/t26-,32+,33-,37+/m0/s1. The van der Waals surface area contributed by atoms with Crippen LogP contribution in [0.5, 0.6) is 0 Å². The molecule has 0 spiro atoms. The number of piperidine rings is 1. The van der Waals surface area contributed by atoms with Gasteiger partial charge in [0.1, 0.15) is 17.9 Å². The number of hydrogen-bond acceptors (Lipinski definition) is 11. The fourth-order valence-electron chi connectivity index (χ4n) is 7.98. The fraction of sp³-hybridized carbons (Fsp3) is 0.561. The molecule has 56 heavy (non-hydrogen) atoms. The second-order valence-corrected chi connectivity index (χ2v) is 17.5. The molecule has 1 aromatic carbocycles. The second-order valence-electron chi connectivity index (χ2n) is 16.7. The molecule has 3 fully saturated rings. The summed E-state index contributed by atoms with van der Waals surface area (Å²) in [6.45, 7) is 15.8. The summed E-state index contributed by atoms with van der Waals surface area (Å²) in [4.78, 5) is 70.8. The van der Waals surface area contributed by atoms with Crippen LogP contribution >= 0.6 is 11.3 Å². The van der Waals surface area contributed by atoms with Crippen LogP contribution in [0.1, 0.15) is 74.6 Å². The molecule has 0 unspecified atom stereocenters. The highest BCUT2D eigenvalue weighted by Crippen LogP contribution is 2.30. The summed E-state index contributed by atoms with van der Waals surface area (Å²) in [5.74, 6) is 0.0329. The summed E-state index contributed by atoms with van der Waals surface area (Å²) in [5.41, 5.74) is 9.91. The molecule has 5 N–H and O–H groups in total. The minimum atomic E-state index is -0.876. The van der Waals surface area contributed by atoms with E-state index >= 15 is 0 Å². The molecule has 0 aliphatic carbocycles. The summed E-state index contributed by atoms with van der Waals surface area (Å²) in [6.07, 6.45) is 2.94. The number of amides is 4. The number of anilines is 1. The highest BCUT2D eigenvalue weighted by Gasteiger charge is 2.45. The predicted molar refractivity (Wildman–Crippen MR) is 217 cm³/mol. The number of pyridine rings is 1. The maximum absolute atomic E-state index is 14.2. The Labute approximate surface area is 333 Å². The molecule has 15 heteroatoms. The number of aliphatic hydroxyl groups is 1. The van der Waals surface area contributed by atoms with Gasteiger partial charge in [0.15, 0.2) is 0 Å². The number of nitrogens with one attached hydrogen (secondary N) is 2. The number of likely N-dealkylation sites (tertiary alicyclic amines) is 1. The van der Waals surface area contributed by atoms with Crippen LogP contribution in [-0.4, -0.2) is 130 Å². The number of carbonyl (C=O) groups excluding carboxylic acids is 4. The van der Waals surface area contributed by atoms with Crippen molar-refractivity contribution in [2.45, 2.75) is 78.1 Å². The maximum Gasteiger partial charge on any atom is 0.250 e. The van der Waals surface area contributed by atoms with E-state index in [1.165, 1.54) is 11.1 Å². The van der Waals surface area contributed by atoms with Crippen LogP contribution in [0.15, 0.2) is 48.1 Å². The van der Waals surface area contributed by atoms with E-state index in [4.69, 9.17) is 5.73 Å². The van der Waals surface area contributed by atoms with Gasteiger partial charge in [0.2, 0.25) is 23.6 Å². The van der Waals surface area contributed by atoms with Gasteiger partial charge in [0, 0.05) is 65.0 Å². The molecule has 0 saturated carbocycles. The molecule has 2 aromatic heterocycles. The quantitative estimate of drug-likeness (QED) is 0.214. The number of primary amides is 1. The highest BCUT2D eigenvalue weighted by atomic mass is 32.1. The third-order valence-electron chi connectivity index (χ3n) is 11.4. The SMILES string of the molecule is Cc1ncsc1-c1ccc([C@H](C)NC(=O)[C@@H]2C[C@@H](O)CN2C(=O)[C@@H](NC(=O)CN2CCN(CC3CCN(c4ccc(C(N)=O)cn4)CC3)CC2)C(C)(C)C)cc1. The first-order valence-electron chi connectivity index (χ1n) is 19.7. The Morgan fingerprint density at radius 1 is 0.946 bits per heavy atom. The zero-order chi connectivity index (χ0) is 40.1. The lowest BCUT2D eigenvalue weighted by Crippen LogP contribution is -2.59. The maximum atomic E-state index is 14.2. The van der Waals surface area contributed by atoms with E-state index < -0.39 is 29.5 Å². The summed E-state index contributed by atoms with van der Waals surface area (Å²) < 4.78 is 0. The van der Waals surface area contributed by atoms with Gasteiger partial charge in [-0.25, -0.2) is 9.97 Å². The molecule has 4 atom stereocenters. The molecule has 14 nitrogen and oxygen atoms in total. The van der Waals surface area contributed by atoms with Crippen molar-refractivity contribution in [2.24, 2.45) is 17.1 Å². The molecule has 0 radical (unpaired) electrons. The Morgan fingerprint density at radius 2 is 1.62 bits per heavy atom. The van der Waals surface area contributed by atoms with Gasteiger partial charge in [-0.1, -0.05) is 45.0 Å². The number of nitrogens with zero attached hydrogens (tertiary/aromatic N) is 6.